The summed E-state index contributed by atoms with van der Waals surface area (Å²) in [5.74, 6) is -1.62. The van der Waals surface area contributed by atoms with E-state index >= 15 is 0 Å². The van der Waals surface area contributed by atoms with Crippen LogP contribution in [0.1, 0.15) is 32.3 Å². The lowest BCUT2D eigenvalue weighted by Crippen LogP contribution is -2.67. The van der Waals surface area contributed by atoms with Crippen LogP contribution in [0.5, 0.6) is 5.75 Å². The smallest absolute Gasteiger partial charge is 0.403 e. The van der Waals surface area contributed by atoms with Gasteiger partial charge in [0.25, 0.3) is 5.79 Å². The number of methoxy groups -OCH3 is 1. The van der Waals surface area contributed by atoms with Crippen LogP contribution in [0.2, 0.25) is 5.02 Å². The Bertz CT molecular complexity index is 733. The largest absolute Gasteiger partial charge is 0.524 e. The number of halogens is 2. The first kappa shape index (κ1) is 21.7. The van der Waals surface area contributed by atoms with E-state index in [1.165, 1.54) is 19.2 Å². The Balaban J connectivity index is 2.48. The van der Waals surface area contributed by atoms with Gasteiger partial charge < -0.3 is 9.26 Å². The summed E-state index contributed by atoms with van der Waals surface area (Å²) in [6.07, 6.45) is 1.18. The summed E-state index contributed by atoms with van der Waals surface area (Å²) in [5, 5.41) is 0.506. The Labute approximate surface area is 162 Å². The molecule has 3 atom stereocenters. The molecular weight excluding hydrogens is 406 g/mol. The van der Waals surface area contributed by atoms with Crippen molar-refractivity contribution in [2.24, 2.45) is 5.92 Å². The first-order valence-electron chi connectivity index (χ1n) is 7.79. The zero-order chi connectivity index (χ0) is 19.8. The Morgan fingerprint density at radius 3 is 2.50 bits per heavy atom. The van der Waals surface area contributed by atoms with Crippen LogP contribution >= 0.6 is 31.0 Å². The van der Waals surface area contributed by atoms with Crippen molar-refractivity contribution in [2.75, 3.05) is 7.11 Å². The fourth-order valence-electron chi connectivity index (χ4n) is 3.18. The van der Waals surface area contributed by atoms with E-state index < -0.39 is 19.2 Å². The van der Waals surface area contributed by atoms with Gasteiger partial charge in [0.05, 0.1) is 5.02 Å². The van der Waals surface area contributed by atoms with Gasteiger partial charge in [-0.1, -0.05) is 42.8 Å². The van der Waals surface area contributed by atoms with E-state index in [4.69, 9.17) is 47.5 Å². The van der Waals surface area contributed by atoms with Crippen molar-refractivity contribution in [1.82, 2.24) is 0 Å². The van der Waals surface area contributed by atoms with Gasteiger partial charge in [0.1, 0.15) is 0 Å². The number of rotatable bonds is 8. The number of ether oxygens (including phenoxy) is 1. The second kappa shape index (κ2) is 7.78. The van der Waals surface area contributed by atoms with E-state index in [0.717, 1.165) is 0 Å². The molecule has 1 saturated heterocycles. The number of benzene rings is 1. The second-order valence-electron chi connectivity index (χ2n) is 6.15. The van der Waals surface area contributed by atoms with E-state index in [-0.39, 0.29) is 16.7 Å². The van der Waals surface area contributed by atoms with Gasteiger partial charge in [0.2, 0.25) is 0 Å². The molecule has 0 bridgehead atoms. The van der Waals surface area contributed by atoms with Gasteiger partial charge in [-0.3, -0.25) is 9.79 Å². The average Bonchev–Trinajstić information content (AvgIpc) is 2.53. The van der Waals surface area contributed by atoms with Crippen molar-refractivity contribution in [2.45, 2.75) is 38.1 Å². The van der Waals surface area contributed by atoms with Crippen molar-refractivity contribution in [1.29, 1.82) is 0 Å². The number of phosphoric acid groups is 1. The molecule has 1 aromatic rings. The predicted octanol–water partition coefficient (Wildman–Crippen LogP) is 4.50. The molecule has 1 fully saturated rings. The van der Waals surface area contributed by atoms with Crippen molar-refractivity contribution < 1.29 is 33.4 Å². The quantitative estimate of drug-likeness (QED) is 0.466. The van der Waals surface area contributed by atoms with Gasteiger partial charge in [0.15, 0.2) is 11.4 Å². The minimum atomic E-state index is -4.79. The van der Waals surface area contributed by atoms with Crippen LogP contribution in [0.25, 0.3) is 0 Å². The maximum Gasteiger partial charge on any atom is 0.524 e. The molecule has 146 valence electrons. The van der Waals surface area contributed by atoms with E-state index in [1.807, 2.05) is 13.8 Å². The summed E-state index contributed by atoms with van der Waals surface area (Å²) in [4.78, 5) is 29.0. The summed E-state index contributed by atoms with van der Waals surface area (Å²) in [6.45, 7) is 7.52. The summed E-state index contributed by atoms with van der Waals surface area (Å²) < 4.78 is 21.5. The average molecular weight is 427 g/mol. The first-order chi connectivity index (χ1) is 12.0. The Hall–Kier alpha value is -0.630. The molecule has 1 aliphatic rings. The van der Waals surface area contributed by atoms with Gasteiger partial charge in [0, 0.05) is 23.6 Å². The SMILES string of the molecule is C=C(Cl)CC(CC)C1(C)OOC1(OC)c1ccc(Cl)c(OP(=O)(O)O)c1. The van der Waals surface area contributed by atoms with Crippen LogP contribution in [0, 0.1) is 5.92 Å². The fourth-order valence-corrected chi connectivity index (χ4v) is 3.98. The monoisotopic (exact) mass is 426 g/mol. The lowest BCUT2D eigenvalue weighted by Gasteiger charge is -2.56. The summed E-state index contributed by atoms with van der Waals surface area (Å²) in [6, 6.07) is 4.40. The van der Waals surface area contributed by atoms with Crippen molar-refractivity contribution in [3.63, 3.8) is 0 Å². The normalized spacial score (nSPS) is 26.9. The van der Waals surface area contributed by atoms with Crippen LogP contribution in [0.3, 0.4) is 0 Å². The summed E-state index contributed by atoms with van der Waals surface area (Å²) >= 11 is 12.0. The second-order valence-corrected chi connectivity index (χ2v) is 8.25. The molecular formula is C16H21Cl2O7P. The van der Waals surface area contributed by atoms with Crippen LogP contribution in [-0.4, -0.2) is 22.5 Å². The van der Waals surface area contributed by atoms with Crippen LogP contribution in [-0.2, 0) is 24.9 Å². The number of allylic oxidation sites excluding steroid dienone is 1. The molecule has 2 rings (SSSR count). The van der Waals surface area contributed by atoms with E-state index in [2.05, 4.69) is 11.1 Å². The predicted molar refractivity (Wildman–Crippen MR) is 96.8 cm³/mol. The molecule has 10 heteroatoms. The van der Waals surface area contributed by atoms with Crippen molar-refractivity contribution >= 4 is 31.0 Å². The topological polar surface area (TPSA) is 94.5 Å². The zero-order valence-electron chi connectivity index (χ0n) is 14.6. The zero-order valence-corrected chi connectivity index (χ0v) is 17.0. The molecule has 1 heterocycles. The molecule has 0 amide bonds. The molecule has 0 aromatic heterocycles. The van der Waals surface area contributed by atoms with Crippen molar-refractivity contribution in [3.05, 3.63) is 40.4 Å². The molecule has 26 heavy (non-hydrogen) atoms. The number of phosphoric ester groups is 1. The Morgan fingerprint density at radius 1 is 1.42 bits per heavy atom. The van der Waals surface area contributed by atoms with E-state index in [1.54, 1.807) is 6.07 Å². The lowest BCUT2D eigenvalue weighted by molar-refractivity contribution is -0.624. The molecule has 2 N–H and O–H groups in total. The van der Waals surface area contributed by atoms with Gasteiger partial charge in [-0.15, -0.1) is 0 Å². The van der Waals surface area contributed by atoms with Crippen LogP contribution in [0.4, 0.5) is 0 Å². The maximum absolute atomic E-state index is 11.2. The summed E-state index contributed by atoms with van der Waals surface area (Å²) in [5.41, 5.74) is -0.498. The van der Waals surface area contributed by atoms with Crippen molar-refractivity contribution in [3.8, 4) is 5.75 Å². The van der Waals surface area contributed by atoms with Gasteiger partial charge in [-0.05, 0) is 31.9 Å². The number of hydrogen-bond donors (Lipinski definition) is 2. The number of hydrogen-bond acceptors (Lipinski definition) is 5. The minimum absolute atomic E-state index is 0.0338. The third kappa shape index (κ3) is 3.96. The first-order valence-corrected chi connectivity index (χ1v) is 10.1. The van der Waals surface area contributed by atoms with E-state index in [9.17, 15) is 4.57 Å². The molecule has 7 nitrogen and oxygen atoms in total. The highest BCUT2D eigenvalue weighted by molar-refractivity contribution is 7.46. The summed E-state index contributed by atoms with van der Waals surface area (Å²) in [7, 11) is -3.34. The standard InChI is InChI=1S/C16H21Cl2O7P/c1-5-11(8-10(2)17)15(3)16(22-4,25-24-15)12-6-7-13(18)14(9-12)23-26(19,20)21/h6-7,9,11H,2,5,8H2,1,3-4H3,(H2,19,20,21). The van der Waals surface area contributed by atoms with Gasteiger partial charge in [-0.25, -0.2) is 9.45 Å². The molecule has 1 aliphatic heterocycles. The fraction of sp³-hybridized carbons (Fsp3) is 0.500. The Morgan fingerprint density at radius 2 is 2.08 bits per heavy atom. The molecule has 3 unspecified atom stereocenters. The van der Waals surface area contributed by atoms with E-state index in [0.29, 0.717) is 23.4 Å². The third-order valence-corrected chi connectivity index (χ3v) is 5.44. The highest BCUT2D eigenvalue weighted by Crippen LogP contribution is 2.56. The van der Waals surface area contributed by atoms with Gasteiger partial charge >= 0.3 is 7.82 Å². The lowest BCUT2D eigenvalue weighted by atomic mass is 9.74. The molecule has 0 saturated carbocycles. The van der Waals surface area contributed by atoms with Crippen LogP contribution in [0.15, 0.2) is 29.8 Å². The Kier molecular flexibility index (Phi) is 6.48. The molecule has 0 radical (unpaired) electrons. The van der Waals surface area contributed by atoms with Crippen LogP contribution < -0.4 is 4.52 Å². The molecule has 1 aromatic carbocycles. The minimum Gasteiger partial charge on any atom is -0.403 e. The van der Waals surface area contributed by atoms with Gasteiger partial charge in [-0.2, -0.15) is 4.89 Å². The maximum atomic E-state index is 11.2. The molecule has 0 spiro atoms. The molecule has 0 aliphatic carbocycles. The highest BCUT2D eigenvalue weighted by atomic mass is 35.5. The third-order valence-electron chi connectivity index (χ3n) is 4.54. The highest BCUT2D eigenvalue weighted by Gasteiger charge is 2.66.